The van der Waals surface area contributed by atoms with Gasteiger partial charge in [0, 0.05) is 24.2 Å². The maximum absolute atomic E-state index is 13.0. The van der Waals surface area contributed by atoms with Crippen molar-refractivity contribution in [1.82, 2.24) is 14.8 Å². The van der Waals surface area contributed by atoms with Crippen LogP contribution in [-0.4, -0.2) is 25.7 Å². The van der Waals surface area contributed by atoms with Gasteiger partial charge in [0.2, 0.25) is 5.88 Å². The average Bonchev–Trinajstić information content (AvgIpc) is 2.94. The summed E-state index contributed by atoms with van der Waals surface area (Å²) in [5.74, 6) is 0.912. The third kappa shape index (κ3) is 2.99. The number of nitrogens with zero attached hydrogens (tertiary/aromatic N) is 3. The largest absolute Gasteiger partial charge is 0.493 e. The van der Waals surface area contributed by atoms with Crippen LogP contribution in [-0.2, 0) is 7.05 Å². The Labute approximate surface area is 162 Å². The molecule has 0 saturated heterocycles. The number of fused-ring (bicyclic) bond motifs is 1. The zero-order valence-electron chi connectivity index (χ0n) is 15.8. The standard InChI is InChI=1S/C22H19N3O3/c1-13-6-4-5-7-18(13)28-19-10-11-23-17-9-8-15(12-16(17)19)21(26)20-14(2)24-25(3)22(20)27/h4-12,27H,1-3H3. The van der Waals surface area contributed by atoms with Crippen LogP contribution in [0.25, 0.3) is 10.9 Å². The SMILES string of the molecule is Cc1ccccc1Oc1ccnc2ccc(C(=O)c3c(C)nn(C)c3O)cc12. The number of aromatic nitrogens is 3. The van der Waals surface area contributed by atoms with Crippen LogP contribution >= 0.6 is 0 Å². The van der Waals surface area contributed by atoms with Crippen LogP contribution in [0.15, 0.2) is 54.7 Å². The van der Waals surface area contributed by atoms with Crippen LogP contribution in [0.2, 0.25) is 0 Å². The van der Waals surface area contributed by atoms with Crippen molar-refractivity contribution in [3.05, 3.63) is 77.1 Å². The summed E-state index contributed by atoms with van der Waals surface area (Å²) >= 11 is 0. The van der Waals surface area contributed by atoms with E-state index in [0.717, 1.165) is 22.2 Å². The van der Waals surface area contributed by atoms with E-state index in [-0.39, 0.29) is 17.2 Å². The normalized spacial score (nSPS) is 11.0. The summed E-state index contributed by atoms with van der Waals surface area (Å²) in [7, 11) is 1.59. The predicted octanol–water partition coefficient (Wildman–Crippen LogP) is 4.31. The first kappa shape index (κ1) is 17.7. The van der Waals surface area contributed by atoms with Crippen LogP contribution in [0, 0.1) is 13.8 Å². The van der Waals surface area contributed by atoms with Gasteiger partial charge in [0.05, 0.1) is 11.2 Å². The van der Waals surface area contributed by atoms with Crippen LogP contribution in [0.5, 0.6) is 17.4 Å². The maximum atomic E-state index is 13.0. The maximum Gasteiger partial charge on any atom is 0.220 e. The lowest BCUT2D eigenvalue weighted by atomic mass is 10.0. The topological polar surface area (TPSA) is 77.2 Å². The quantitative estimate of drug-likeness (QED) is 0.539. The first-order valence-electron chi connectivity index (χ1n) is 8.85. The van der Waals surface area contributed by atoms with Crippen molar-refractivity contribution in [3.8, 4) is 17.4 Å². The second-order valence-corrected chi connectivity index (χ2v) is 6.65. The van der Waals surface area contributed by atoms with Crippen molar-refractivity contribution >= 4 is 16.7 Å². The minimum absolute atomic E-state index is 0.148. The van der Waals surface area contributed by atoms with E-state index in [9.17, 15) is 9.90 Å². The third-order valence-electron chi connectivity index (χ3n) is 4.70. The van der Waals surface area contributed by atoms with Gasteiger partial charge in [-0.25, -0.2) is 4.68 Å². The fourth-order valence-corrected chi connectivity index (χ4v) is 3.20. The monoisotopic (exact) mass is 373 g/mol. The Morgan fingerprint density at radius 1 is 1.07 bits per heavy atom. The molecule has 4 rings (SSSR count). The van der Waals surface area contributed by atoms with E-state index in [2.05, 4.69) is 10.1 Å². The molecule has 0 bridgehead atoms. The molecule has 0 saturated carbocycles. The van der Waals surface area contributed by atoms with E-state index in [0.29, 0.717) is 17.0 Å². The summed E-state index contributed by atoms with van der Waals surface area (Å²) in [6.45, 7) is 3.67. The highest BCUT2D eigenvalue weighted by atomic mass is 16.5. The van der Waals surface area contributed by atoms with Gasteiger partial charge in [0.25, 0.3) is 0 Å². The van der Waals surface area contributed by atoms with Gasteiger partial charge in [0.15, 0.2) is 5.78 Å². The molecule has 0 aliphatic rings. The molecule has 4 aromatic rings. The summed E-state index contributed by atoms with van der Waals surface area (Å²) < 4.78 is 7.39. The number of rotatable bonds is 4. The molecule has 6 heteroatoms. The molecule has 28 heavy (non-hydrogen) atoms. The molecule has 140 valence electrons. The Balaban J connectivity index is 1.80. The predicted molar refractivity (Wildman–Crippen MR) is 106 cm³/mol. The summed E-state index contributed by atoms with van der Waals surface area (Å²) in [4.78, 5) is 17.4. The van der Waals surface area contributed by atoms with Gasteiger partial charge in [-0.15, -0.1) is 0 Å². The van der Waals surface area contributed by atoms with Crippen molar-refractivity contribution in [2.45, 2.75) is 13.8 Å². The first-order chi connectivity index (χ1) is 13.5. The number of benzene rings is 2. The molecule has 0 unspecified atom stereocenters. The number of carbonyl (C=O) groups is 1. The smallest absolute Gasteiger partial charge is 0.220 e. The second kappa shape index (κ2) is 6.81. The molecule has 0 radical (unpaired) electrons. The van der Waals surface area contributed by atoms with Crippen LogP contribution in [0.3, 0.4) is 0 Å². The van der Waals surface area contributed by atoms with E-state index >= 15 is 0 Å². The Morgan fingerprint density at radius 3 is 2.57 bits per heavy atom. The van der Waals surface area contributed by atoms with E-state index in [4.69, 9.17) is 4.74 Å². The fraction of sp³-hybridized carbons (Fsp3) is 0.136. The van der Waals surface area contributed by atoms with Gasteiger partial charge < -0.3 is 9.84 Å². The molecule has 2 aromatic carbocycles. The van der Waals surface area contributed by atoms with Gasteiger partial charge in [0.1, 0.15) is 17.1 Å². The molecule has 0 aliphatic heterocycles. The van der Waals surface area contributed by atoms with Crippen molar-refractivity contribution in [2.75, 3.05) is 0 Å². The van der Waals surface area contributed by atoms with Crippen LogP contribution in [0.1, 0.15) is 27.2 Å². The Bertz CT molecular complexity index is 1210. The van der Waals surface area contributed by atoms with Gasteiger partial charge in [-0.05, 0) is 49.7 Å². The van der Waals surface area contributed by atoms with Crippen molar-refractivity contribution < 1.29 is 14.6 Å². The van der Waals surface area contributed by atoms with Crippen molar-refractivity contribution in [1.29, 1.82) is 0 Å². The molecule has 6 nitrogen and oxygen atoms in total. The fourth-order valence-electron chi connectivity index (χ4n) is 3.20. The second-order valence-electron chi connectivity index (χ2n) is 6.65. The number of hydrogen-bond donors (Lipinski definition) is 1. The zero-order valence-corrected chi connectivity index (χ0v) is 15.8. The number of hydrogen-bond acceptors (Lipinski definition) is 5. The van der Waals surface area contributed by atoms with Gasteiger partial charge in [-0.2, -0.15) is 5.10 Å². The highest BCUT2D eigenvalue weighted by Gasteiger charge is 2.22. The van der Waals surface area contributed by atoms with E-state index in [1.807, 2.05) is 31.2 Å². The van der Waals surface area contributed by atoms with Gasteiger partial charge in [-0.1, -0.05) is 18.2 Å². The van der Waals surface area contributed by atoms with Crippen LogP contribution in [0.4, 0.5) is 0 Å². The summed E-state index contributed by atoms with van der Waals surface area (Å²) in [6.07, 6.45) is 1.68. The zero-order chi connectivity index (χ0) is 19.8. The number of aromatic hydroxyl groups is 1. The summed E-state index contributed by atoms with van der Waals surface area (Å²) in [5.41, 5.74) is 2.84. The number of ether oxygens (including phenoxy) is 1. The van der Waals surface area contributed by atoms with Gasteiger partial charge in [-0.3, -0.25) is 9.78 Å². The molecule has 2 heterocycles. The minimum Gasteiger partial charge on any atom is -0.493 e. The molecule has 2 aromatic heterocycles. The summed E-state index contributed by atoms with van der Waals surface area (Å²) in [6, 6.07) is 14.7. The van der Waals surface area contributed by atoms with E-state index in [1.54, 1.807) is 44.4 Å². The Hall–Kier alpha value is -3.67. The molecular weight excluding hydrogens is 354 g/mol. The molecule has 0 atom stereocenters. The lowest BCUT2D eigenvalue weighted by Crippen LogP contribution is -2.03. The number of para-hydroxylation sites is 1. The Kier molecular flexibility index (Phi) is 4.31. The molecule has 0 fully saturated rings. The highest BCUT2D eigenvalue weighted by molar-refractivity contribution is 6.12. The van der Waals surface area contributed by atoms with Crippen LogP contribution < -0.4 is 4.74 Å². The lowest BCUT2D eigenvalue weighted by Gasteiger charge is -2.11. The lowest BCUT2D eigenvalue weighted by molar-refractivity contribution is 0.103. The van der Waals surface area contributed by atoms with E-state index < -0.39 is 0 Å². The third-order valence-corrected chi connectivity index (χ3v) is 4.70. The van der Waals surface area contributed by atoms with Gasteiger partial charge >= 0.3 is 0 Å². The number of ketones is 1. The highest BCUT2D eigenvalue weighted by Crippen LogP contribution is 2.32. The molecule has 0 aliphatic carbocycles. The van der Waals surface area contributed by atoms with E-state index in [1.165, 1.54) is 4.68 Å². The van der Waals surface area contributed by atoms with Crippen molar-refractivity contribution in [3.63, 3.8) is 0 Å². The molecule has 1 N–H and O–H groups in total. The number of carbonyl (C=O) groups excluding carboxylic acids is 1. The molecule has 0 spiro atoms. The average molecular weight is 373 g/mol. The first-order valence-corrected chi connectivity index (χ1v) is 8.85. The minimum atomic E-state index is -0.296. The summed E-state index contributed by atoms with van der Waals surface area (Å²) in [5, 5.41) is 15.0. The molecular formula is C22H19N3O3. The Morgan fingerprint density at radius 2 is 1.86 bits per heavy atom. The van der Waals surface area contributed by atoms with Crippen molar-refractivity contribution in [2.24, 2.45) is 7.05 Å². The number of aryl methyl sites for hydroxylation is 3. The number of pyridine rings is 1. The molecule has 0 amide bonds.